The number of hydrogen-bond donors (Lipinski definition) is 3. The molecule has 3 aromatic rings. The molecule has 9 nitrogen and oxygen atoms in total. The van der Waals surface area contributed by atoms with Crippen molar-refractivity contribution in [3.05, 3.63) is 64.6 Å². The van der Waals surface area contributed by atoms with Crippen molar-refractivity contribution in [1.82, 2.24) is 20.1 Å². The van der Waals surface area contributed by atoms with Crippen LogP contribution in [-0.2, 0) is 22.7 Å². The molecule has 0 unspecified atom stereocenters. The Morgan fingerprint density at radius 3 is 2.65 bits per heavy atom. The minimum atomic E-state index is -0.645. The number of aromatic nitrogens is 1. The lowest BCUT2D eigenvalue weighted by Gasteiger charge is -2.27. The Hall–Kier alpha value is -3.92. The number of benzene rings is 2. The zero-order valence-corrected chi connectivity index (χ0v) is 22.6. The number of halogens is 2. The van der Waals surface area contributed by atoms with Crippen molar-refractivity contribution in [2.24, 2.45) is 5.92 Å². The highest BCUT2D eigenvalue weighted by Crippen LogP contribution is 2.48. The van der Waals surface area contributed by atoms with Gasteiger partial charge >= 0.3 is 6.03 Å². The van der Waals surface area contributed by atoms with Crippen LogP contribution in [0.15, 0.2) is 42.6 Å². The van der Waals surface area contributed by atoms with Gasteiger partial charge in [-0.05, 0) is 62.8 Å². The van der Waals surface area contributed by atoms with E-state index >= 15 is 0 Å². The molecule has 3 aliphatic rings. The van der Waals surface area contributed by atoms with E-state index in [1.807, 2.05) is 0 Å². The average Bonchev–Trinajstić information content (AvgIpc) is 3.82. The maximum absolute atomic E-state index is 14.3. The van der Waals surface area contributed by atoms with Gasteiger partial charge in [-0.2, -0.15) is 0 Å². The van der Waals surface area contributed by atoms with Gasteiger partial charge in [0.15, 0.2) is 5.78 Å². The number of anilines is 1. The second kappa shape index (κ2) is 10.2. The summed E-state index contributed by atoms with van der Waals surface area (Å²) in [5.41, 5.74) is 1.94. The van der Waals surface area contributed by atoms with Gasteiger partial charge in [-0.3, -0.25) is 14.4 Å². The molecule has 2 aliphatic carbocycles. The molecular weight excluding hydrogens is 537 g/mol. The van der Waals surface area contributed by atoms with Gasteiger partial charge in [0.05, 0.1) is 5.02 Å². The summed E-state index contributed by atoms with van der Waals surface area (Å²) < 4.78 is 16.0. The first-order valence-electron chi connectivity index (χ1n) is 13.4. The molecule has 1 saturated heterocycles. The molecule has 2 heterocycles. The normalized spacial score (nSPS) is 21.2. The van der Waals surface area contributed by atoms with Crippen molar-refractivity contribution in [3.63, 3.8) is 0 Å². The number of likely N-dealkylation sites (tertiary alicyclic amines) is 1. The topological polar surface area (TPSA) is 113 Å². The van der Waals surface area contributed by atoms with E-state index in [1.54, 1.807) is 46.0 Å². The van der Waals surface area contributed by atoms with E-state index in [1.165, 1.54) is 13.0 Å². The van der Waals surface area contributed by atoms with Crippen LogP contribution in [0.3, 0.4) is 0 Å². The number of carbonyl (C=O) groups excluding carboxylic acids is 4. The van der Waals surface area contributed by atoms with E-state index in [4.69, 9.17) is 11.6 Å². The highest BCUT2D eigenvalue weighted by atomic mass is 35.5. The van der Waals surface area contributed by atoms with Crippen molar-refractivity contribution in [2.75, 3.05) is 5.32 Å². The first-order chi connectivity index (χ1) is 19.2. The number of nitrogens with zero attached hydrogens (tertiary/aromatic N) is 2. The summed E-state index contributed by atoms with van der Waals surface area (Å²) >= 11 is 5.85. The molecule has 3 fully saturated rings. The number of rotatable bonds is 8. The summed E-state index contributed by atoms with van der Waals surface area (Å²) in [6, 6.07) is 9.13. The van der Waals surface area contributed by atoms with Crippen LogP contribution in [0.4, 0.5) is 14.9 Å². The SMILES string of the molecule is CC(=O)c1cn(CC(=O)N2[C@H](C(=O)NCc3cccc(Cl)c3F)C[C@H]3C[C@@H]32)c2ccc(NC(=O)NC3CC3)cc12. The number of Topliss-reactive ketones (excluding diaryl/α,β-unsaturated/α-hetero) is 1. The fourth-order valence-electron chi connectivity index (χ4n) is 5.63. The molecule has 1 aromatic heterocycles. The predicted octanol–water partition coefficient (Wildman–Crippen LogP) is 4.23. The van der Waals surface area contributed by atoms with E-state index in [-0.39, 0.29) is 65.3 Å². The second-order valence-electron chi connectivity index (χ2n) is 10.9. The zero-order valence-electron chi connectivity index (χ0n) is 21.9. The number of amides is 4. The number of nitrogens with one attached hydrogen (secondary N) is 3. The molecule has 3 N–H and O–H groups in total. The minimum Gasteiger partial charge on any atom is -0.350 e. The smallest absolute Gasteiger partial charge is 0.319 e. The van der Waals surface area contributed by atoms with Crippen LogP contribution in [0.2, 0.25) is 5.02 Å². The Balaban J connectivity index is 1.18. The van der Waals surface area contributed by atoms with Crippen LogP contribution < -0.4 is 16.0 Å². The Labute approximate surface area is 235 Å². The van der Waals surface area contributed by atoms with Crippen molar-refractivity contribution < 1.29 is 23.6 Å². The minimum absolute atomic E-state index is 0.000965. The zero-order chi connectivity index (χ0) is 28.1. The van der Waals surface area contributed by atoms with Crippen LogP contribution in [0, 0.1) is 11.7 Å². The van der Waals surface area contributed by atoms with Gasteiger partial charge in [-0.1, -0.05) is 23.7 Å². The van der Waals surface area contributed by atoms with Gasteiger partial charge < -0.3 is 25.4 Å². The lowest BCUT2D eigenvalue weighted by Crippen LogP contribution is -2.48. The van der Waals surface area contributed by atoms with Gasteiger partial charge in [0.25, 0.3) is 0 Å². The van der Waals surface area contributed by atoms with Gasteiger partial charge in [0.2, 0.25) is 11.8 Å². The third kappa shape index (κ3) is 5.15. The standard InChI is InChI=1S/C29H29ClFN5O4/c1-15(37)21-13-35(23-8-7-19(11-20(21)23)34-29(40)33-18-5-6-18)14-26(38)36-24-9-17(24)10-25(36)28(39)32-12-16-3-2-4-22(30)27(16)31/h2-4,7-8,11,13,17-18,24-25H,5-6,9-10,12,14H2,1H3,(H,32,39)(H2,33,34,40)/t17-,24+,25+/m1/s1. The lowest BCUT2D eigenvalue weighted by atomic mass is 10.1. The Morgan fingerprint density at radius 2 is 1.90 bits per heavy atom. The Bertz CT molecular complexity index is 1550. The number of fused-ring (bicyclic) bond motifs is 2. The molecule has 40 heavy (non-hydrogen) atoms. The fraction of sp³-hybridized carbons (Fsp3) is 0.379. The second-order valence-corrected chi connectivity index (χ2v) is 11.3. The maximum atomic E-state index is 14.3. The van der Waals surface area contributed by atoms with Gasteiger partial charge in [0, 0.05) is 52.5 Å². The van der Waals surface area contributed by atoms with Crippen molar-refractivity contribution in [2.45, 2.75) is 63.8 Å². The number of piperidine rings is 1. The molecule has 4 amide bonds. The summed E-state index contributed by atoms with van der Waals surface area (Å²) in [5.74, 6) is -1.02. The Kier molecular flexibility index (Phi) is 6.74. The molecule has 2 saturated carbocycles. The van der Waals surface area contributed by atoms with Gasteiger partial charge in [-0.15, -0.1) is 0 Å². The highest BCUT2D eigenvalue weighted by Gasteiger charge is 2.55. The molecule has 2 aromatic carbocycles. The predicted molar refractivity (Wildman–Crippen MR) is 148 cm³/mol. The quantitative estimate of drug-likeness (QED) is 0.355. The first kappa shape index (κ1) is 26.3. The van der Waals surface area contributed by atoms with Crippen molar-refractivity contribution in [1.29, 1.82) is 0 Å². The third-order valence-electron chi connectivity index (χ3n) is 7.92. The largest absolute Gasteiger partial charge is 0.350 e. The van der Waals surface area contributed by atoms with Crippen LogP contribution in [0.5, 0.6) is 0 Å². The fourth-order valence-corrected chi connectivity index (χ4v) is 5.82. The lowest BCUT2D eigenvalue weighted by molar-refractivity contribution is -0.140. The average molecular weight is 566 g/mol. The molecular formula is C29H29ClFN5O4. The molecule has 3 atom stereocenters. The summed E-state index contributed by atoms with van der Waals surface area (Å²) in [6.45, 7) is 1.38. The van der Waals surface area contributed by atoms with Crippen molar-refractivity contribution in [3.8, 4) is 0 Å². The Morgan fingerprint density at radius 1 is 1.10 bits per heavy atom. The van der Waals surface area contributed by atoms with Crippen LogP contribution in [-0.4, -0.2) is 51.2 Å². The number of urea groups is 1. The summed E-state index contributed by atoms with van der Waals surface area (Å²) in [5, 5.41) is 9.05. The number of carbonyl (C=O) groups is 4. The van der Waals surface area contributed by atoms with E-state index in [0.717, 1.165) is 19.3 Å². The van der Waals surface area contributed by atoms with Crippen LogP contribution >= 0.6 is 11.6 Å². The van der Waals surface area contributed by atoms with Crippen LogP contribution in [0.25, 0.3) is 10.9 Å². The van der Waals surface area contributed by atoms with E-state index < -0.39 is 11.9 Å². The van der Waals surface area contributed by atoms with Gasteiger partial charge in [0.1, 0.15) is 18.4 Å². The molecule has 6 rings (SSSR count). The number of ketones is 1. The van der Waals surface area contributed by atoms with Crippen molar-refractivity contribution >= 4 is 51.8 Å². The summed E-state index contributed by atoms with van der Waals surface area (Å²) in [4.78, 5) is 53.0. The van der Waals surface area contributed by atoms with Gasteiger partial charge in [-0.25, -0.2) is 9.18 Å². The molecule has 0 spiro atoms. The first-order valence-corrected chi connectivity index (χ1v) is 13.8. The van der Waals surface area contributed by atoms with E-state index in [2.05, 4.69) is 16.0 Å². The molecule has 11 heteroatoms. The monoisotopic (exact) mass is 565 g/mol. The summed E-state index contributed by atoms with van der Waals surface area (Å²) in [7, 11) is 0. The molecule has 208 valence electrons. The third-order valence-corrected chi connectivity index (χ3v) is 8.21. The number of hydrogen-bond acceptors (Lipinski definition) is 4. The van der Waals surface area contributed by atoms with E-state index in [0.29, 0.717) is 28.6 Å². The van der Waals surface area contributed by atoms with Crippen LogP contribution in [0.1, 0.15) is 48.5 Å². The summed E-state index contributed by atoms with van der Waals surface area (Å²) in [6.07, 6.45) is 5.00. The molecule has 1 aliphatic heterocycles. The van der Waals surface area contributed by atoms with E-state index in [9.17, 15) is 23.6 Å². The maximum Gasteiger partial charge on any atom is 0.319 e. The molecule has 0 radical (unpaired) electrons. The highest BCUT2D eigenvalue weighted by molar-refractivity contribution is 6.30. The molecule has 0 bridgehead atoms.